The van der Waals surface area contributed by atoms with Crippen LogP contribution in [0.4, 0.5) is 0 Å². The zero-order valence-corrected chi connectivity index (χ0v) is 20.0. The summed E-state index contributed by atoms with van der Waals surface area (Å²) in [7, 11) is 2.18. The first-order valence-electron chi connectivity index (χ1n) is 13.1. The zero-order valence-electron chi connectivity index (χ0n) is 20.0. The number of carbonyl (C=O) groups excluding carboxylic acids is 1. The van der Waals surface area contributed by atoms with Crippen LogP contribution in [0.5, 0.6) is 5.75 Å². The number of rotatable bonds is 6. The van der Waals surface area contributed by atoms with Crippen molar-refractivity contribution in [2.45, 2.75) is 63.9 Å². The van der Waals surface area contributed by atoms with Crippen molar-refractivity contribution in [2.24, 2.45) is 23.2 Å². The lowest BCUT2D eigenvalue weighted by molar-refractivity contribution is -0.143. The van der Waals surface area contributed by atoms with E-state index in [1.807, 2.05) is 0 Å². The van der Waals surface area contributed by atoms with E-state index in [1.165, 1.54) is 30.4 Å². The largest absolute Gasteiger partial charge is 0.490 e. The molecule has 3 nitrogen and oxygen atoms in total. The predicted molar refractivity (Wildman–Crippen MR) is 132 cm³/mol. The molecule has 2 aromatic rings. The van der Waals surface area contributed by atoms with Crippen LogP contribution in [-0.2, 0) is 11.2 Å². The van der Waals surface area contributed by atoms with Crippen molar-refractivity contribution < 1.29 is 9.53 Å². The van der Waals surface area contributed by atoms with Gasteiger partial charge in [0.05, 0.1) is 0 Å². The third-order valence-corrected chi connectivity index (χ3v) is 9.06. The van der Waals surface area contributed by atoms with Gasteiger partial charge in [0.15, 0.2) is 0 Å². The predicted octanol–water partition coefficient (Wildman–Crippen LogP) is 6.15. The highest BCUT2D eigenvalue weighted by atomic mass is 16.5. The molecule has 33 heavy (non-hydrogen) atoms. The number of hydrogen-bond acceptors (Lipinski definition) is 3. The van der Waals surface area contributed by atoms with E-state index in [4.69, 9.17) is 4.74 Å². The summed E-state index contributed by atoms with van der Waals surface area (Å²) in [5.74, 6) is 3.92. The van der Waals surface area contributed by atoms with E-state index in [1.54, 1.807) is 0 Å². The Morgan fingerprint density at radius 3 is 2.18 bits per heavy atom. The van der Waals surface area contributed by atoms with Crippen molar-refractivity contribution in [3.8, 4) is 16.9 Å². The fourth-order valence-corrected chi connectivity index (χ4v) is 7.73. The Bertz CT molecular complexity index is 984. The molecular formula is C30H37NO2. The van der Waals surface area contributed by atoms with Crippen molar-refractivity contribution in [2.75, 3.05) is 20.1 Å². The van der Waals surface area contributed by atoms with Gasteiger partial charge in [-0.05, 0) is 105 Å². The summed E-state index contributed by atoms with van der Waals surface area (Å²) in [6.45, 7) is 2.20. The number of Topliss-reactive ketones (excluding diaryl/α,β-unsaturated/α-hetero) is 1. The Hall–Kier alpha value is -2.13. The van der Waals surface area contributed by atoms with Crippen molar-refractivity contribution >= 4 is 5.78 Å². The number of benzene rings is 2. The van der Waals surface area contributed by atoms with Gasteiger partial charge in [0.2, 0.25) is 0 Å². The monoisotopic (exact) mass is 443 g/mol. The van der Waals surface area contributed by atoms with E-state index >= 15 is 0 Å². The molecule has 1 aliphatic heterocycles. The van der Waals surface area contributed by atoms with E-state index < -0.39 is 0 Å². The minimum absolute atomic E-state index is 0.00736. The molecule has 2 aromatic carbocycles. The molecule has 174 valence electrons. The van der Waals surface area contributed by atoms with E-state index in [9.17, 15) is 4.79 Å². The molecular weight excluding hydrogens is 406 g/mol. The Morgan fingerprint density at radius 2 is 1.52 bits per heavy atom. The zero-order chi connectivity index (χ0) is 22.4. The van der Waals surface area contributed by atoms with Gasteiger partial charge >= 0.3 is 0 Å². The molecule has 0 radical (unpaired) electrons. The highest BCUT2D eigenvalue weighted by Crippen LogP contribution is 2.60. The van der Waals surface area contributed by atoms with Crippen molar-refractivity contribution in [3.63, 3.8) is 0 Å². The van der Waals surface area contributed by atoms with E-state index in [2.05, 4.69) is 60.5 Å². The Morgan fingerprint density at radius 1 is 0.909 bits per heavy atom. The maximum atomic E-state index is 13.6. The topological polar surface area (TPSA) is 29.5 Å². The molecule has 7 rings (SSSR count). The third-order valence-electron chi connectivity index (χ3n) is 9.06. The van der Waals surface area contributed by atoms with Gasteiger partial charge in [-0.15, -0.1) is 0 Å². The first kappa shape index (κ1) is 21.4. The smallest absolute Gasteiger partial charge is 0.143 e. The number of nitrogens with zero attached hydrogens (tertiary/aromatic N) is 1. The van der Waals surface area contributed by atoms with Gasteiger partial charge in [0.25, 0.3) is 0 Å². The average Bonchev–Trinajstić information content (AvgIpc) is 2.80. The number of hydrogen-bond donors (Lipinski definition) is 0. The molecule has 3 heteroatoms. The van der Waals surface area contributed by atoms with Crippen molar-refractivity contribution in [1.29, 1.82) is 0 Å². The molecule has 1 heterocycles. The summed E-state index contributed by atoms with van der Waals surface area (Å²) in [5.41, 5.74) is 3.51. The molecule has 4 aliphatic carbocycles. The average molecular weight is 444 g/mol. The van der Waals surface area contributed by atoms with Crippen LogP contribution in [0, 0.1) is 23.2 Å². The van der Waals surface area contributed by atoms with Crippen LogP contribution < -0.4 is 4.74 Å². The van der Waals surface area contributed by atoms with Gasteiger partial charge in [0, 0.05) is 24.9 Å². The molecule has 0 aromatic heterocycles. The van der Waals surface area contributed by atoms with Crippen LogP contribution >= 0.6 is 0 Å². The molecule has 0 amide bonds. The SMILES string of the molecule is CN1CCC(Oc2cccc(-c3cccc(CC(=O)C45CC6CC(CC(C6)C4)C5)c3)c2)CC1. The quantitative estimate of drug-likeness (QED) is 0.536. The second-order valence-corrected chi connectivity index (χ2v) is 11.6. The van der Waals surface area contributed by atoms with Crippen LogP contribution in [0.25, 0.3) is 11.1 Å². The molecule has 4 bridgehead atoms. The molecule has 5 fully saturated rings. The van der Waals surface area contributed by atoms with Crippen molar-refractivity contribution in [1.82, 2.24) is 4.90 Å². The summed E-state index contributed by atoms with van der Waals surface area (Å²) >= 11 is 0. The fourth-order valence-electron chi connectivity index (χ4n) is 7.73. The standard InChI is InChI=1S/C30H37NO2/c1-31-10-8-27(9-11-31)33-28-7-3-6-26(17-28)25-5-2-4-21(15-25)16-29(32)30-18-22-12-23(19-30)14-24(13-22)20-30/h2-7,15,17,22-24,27H,8-14,16,18-20H2,1H3. The third kappa shape index (κ3) is 4.37. The normalized spacial score (nSPS) is 31.6. The number of ether oxygens (including phenoxy) is 1. The molecule has 1 saturated heterocycles. The first-order valence-corrected chi connectivity index (χ1v) is 13.1. The highest BCUT2D eigenvalue weighted by Gasteiger charge is 2.53. The van der Waals surface area contributed by atoms with Gasteiger partial charge in [0.1, 0.15) is 17.6 Å². The molecule has 0 spiro atoms. The van der Waals surface area contributed by atoms with Crippen LogP contribution in [0.15, 0.2) is 48.5 Å². The number of likely N-dealkylation sites (tertiary alicyclic amines) is 1. The first-order chi connectivity index (χ1) is 16.0. The van der Waals surface area contributed by atoms with Crippen molar-refractivity contribution in [3.05, 3.63) is 54.1 Å². The minimum atomic E-state index is -0.00736. The summed E-state index contributed by atoms with van der Waals surface area (Å²) in [6.07, 6.45) is 10.7. The van der Waals surface area contributed by atoms with Gasteiger partial charge in [-0.25, -0.2) is 0 Å². The second-order valence-electron chi connectivity index (χ2n) is 11.6. The summed E-state index contributed by atoms with van der Waals surface area (Å²) < 4.78 is 6.32. The lowest BCUT2D eigenvalue weighted by Crippen LogP contribution is -2.50. The molecule has 0 atom stereocenters. The number of ketones is 1. The lowest BCUT2D eigenvalue weighted by Gasteiger charge is -2.56. The molecule has 0 N–H and O–H groups in total. The Labute approximate surface area is 198 Å². The molecule has 0 unspecified atom stereocenters. The summed E-state index contributed by atoms with van der Waals surface area (Å²) in [5, 5.41) is 0. The van der Waals surface area contributed by atoms with Crippen LogP contribution in [0.1, 0.15) is 56.9 Å². The summed E-state index contributed by atoms with van der Waals surface area (Å²) in [6, 6.07) is 17.1. The van der Waals surface area contributed by atoms with Gasteiger partial charge in [-0.1, -0.05) is 36.4 Å². The van der Waals surface area contributed by atoms with Gasteiger partial charge < -0.3 is 9.64 Å². The number of piperidine rings is 1. The number of carbonyl (C=O) groups is 1. The maximum Gasteiger partial charge on any atom is 0.143 e. The maximum absolute atomic E-state index is 13.6. The fraction of sp³-hybridized carbons (Fsp3) is 0.567. The minimum Gasteiger partial charge on any atom is -0.490 e. The molecule has 5 aliphatic rings. The van der Waals surface area contributed by atoms with Crippen LogP contribution in [0.2, 0.25) is 0 Å². The van der Waals surface area contributed by atoms with E-state index in [0.29, 0.717) is 18.3 Å². The van der Waals surface area contributed by atoms with Crippen LogP contribution in [0.3, 0.4) is 0 Å². The van der Waals surface area contributed by atoms with E-state index in [-0.39, 0.29) is 5.41 Å². The lowest BCUT2D eigenvalue weighted by atomic mass is 9.48. The Balaban J connectivity index is 1.16. The second kappa shape index (κ2) is 8.58. The van der Waals surface area contributed by atoms with Crippen LogP contribution in [-0.4, -0.2) is 36.9 Å². The van der Waals surface area contributed by atoms with E-state index in [0.717, 1.165) is 74.3 Å². The van der Waals surface area contributed by atoms with Gasteiger partial charge in [-0.2, -0.15) is 0 Å². The van der Waals surface area contributed by atoms with Gasteiger partial charge in [-0.3, -0.25) is 4.79 Å². The highest BCUT2D eigenvalue weighted by molar-refractivity contribution is 5.87. The molecule has 4 saturated carbocycles. The Kier molecular flexibility index (Phi) is 5.57. The summed E-state index contributed by atoms with van der Waals surface area (Å²) in [4.78, 5) is 16.0.